The number of rotatable bonds is 6. The summed E-state index contributed by atoms with van der Waals surface area (Å²) in [5.74, 6) is -0.539. The monoisotopic (exact) mass is 441 g/mol. The van der Waals surface area contributed by atoms with Gasteiger partial charge in [-0.2, -0.15) is 0 Å². The number of fused-ring (bicyclic) bond motifs is 1. The predicted molar refractivity (Wildman–Crippen MR) is 128 cm³/mol. The maximum absolute atomic E-state index is 12.5. The first-order valence-electron chi connectivity index (χ1n) is 11.4. The molecule has 0 radical (unpaired) electrons. The van der Waals surface area contributed by atoms with Gasteiger partial charge >= 0.3 is 5.97 Å². The molecule has 6 heteroatoms. The van der Waals surface area contributed by atoms with Crippen molar-refractivity contribution in [2.24, 2.45) is 0 Å². The van der Waals surface area contributed by atoms with Gasteiger partial charge in [0.25, 0.3) is 0 Å². The molecule has 1 fully saturated rings. The summed E-state index contributed by atoms with van der Waals surface area (Å²) in [4.78, 5) is 29.4. The third kappa shape index (κ3) is 4.91. The number of amides is 1. The molecular formula is C27H27N3O3. The number of hydrogen-bond donors (Lipinski definition) is 1. The zero-order valence-corrected chi connectivity index (χ0v) is 18.4. The SMILES string of the molecule is O=C(C[C@H]1OC(=O)c2ccccc21)Nc1ccc(N2CCN(Cc3ccccc3)CC2)cc1. The van der Waals surface area contributed by atoms with Crippen molar-refractivity contribution in [2.45, 2.75) is 19.1 Å². The highest BCUT2D eigenvalue weighted by atomic mass is 16.5. The van der Waals surface area contributed by atoms with Crippen LogP contribution in [0.1, 0.15) is 34.0 Å². The van der Waals surface area contributed by atoms with Crippen LogP contribution in [-0.4, -0.2) is 43.0 Å². The van der Waals surface area contributed by atoms with E-state index >= 15 is 0 Å². The highest BCUT2D eigenvalue weighted by Gasteiger charge is 2.32. The molecule has 2 aliphatic heterocycles. The van der Waals surface area contributed by atoms with Crippen LogP contribution in [-0.2, 0) is 16.1 Å². The van der Waals surface area contributed by atoms with Crippen LogP contribution < -0.4 is 10.2 Å². The van der Waals surface area contributed by atoms with E-state index in [0.717, 1.165) is 49.7 Å². The van der Waals surface area contributed by atoms with E-state index in [1.807, 2.05) is 36.4 Å². The summed E-state index contributed by atoms with van der Waals surface area (Å²) in [7, 11) is 0. The molecule has 6 nitrogen and oxygen atoms in total. The molecule has 2 heterocycles. The molecule has 1 N–H and O–H groups in total. The van der Waals surface area contributed by atoms with E-state index in [-0.39, 0.29) is 18.3 Å². The first kappa shape index (κ1) is 21.2. The van der Waals surface area contributed by atoms with Crippen LogP contribution in [0.4, 0.5) is 11.4 Å². The highest BCUT2D eigenvalue weighted by Crippen LogP contribution is 2.33. The van der Waals surface area contributed by atoms with E-state index in [4.69, 9.17) is 4.74 Å². The fourth-order valence-corrected chi connectivity index (χ4v) is 4.51. The number of benzene rings is 3. The lowest BCUT2D eigenvalue weighted by atomic mass is 10.0. The summed E-state index contributed by atoms with van der Waals surface area (Å²) in [5.41, 5.74) is 4.57. The van der Waals surface area contributed by atoms with E-state index in [9.17, 15) is 9.59 Å². The summed E-state index contributed by atoms with van der Waals surface area (Å²) in [6.45, 7) is 4.99. The van der Waals surface area contributed by atoms with E-state index in [1.165, 1.54) is 5.56 Å². The zero-order chi connectivity index (χ0) is 22.6. The van der Waals surface area contributed by atoms with Gasteiger partial charge in [-0.25, -0.2) is 4.79 Å². The number of hydrogen-bond acceptors (Lipinski definition) is 5. The van der Waals surface area contributed by atoms with Crippen LogP contribution in [0.15, 0.2) is 78.9 Å². The number of nitrogens with zero attached hydrogens (tertiary/aromatic N) is 2. The summed E-state index contributed by atoms with van der Waals surface area (Å²) in [6.07, 6.45) is -0.423. The number of carbonyl (C=O) groups excluding carboxylic acids is 2. The minimum Gasteiger partial charge on any atom is -0.453 e. The third-order valence-corrected chi connectivity index (χ3v) is 6.29. The third-order valence-electron chi connectivity index (χ3n) is 6.29. The standard InChI is InChI=1S/C27H27N3O3/c31-26(18-25-23-8-4-5-9-24(23)27(32)33-25)28-21-10-12-22(13-11-21)30-16-14-29(15-17-30)19-20-6-2-1-3-7-20/h1-13,25H,14-19H2,(H,28,31)/t25-/m1/s1. The molecule has 0 aliphatic carbocycles. The molecule has 168 valence electrons. The Hall–Kier alpha value is -3.64. The Labute approximate surface area is 193 Å². The molecule has 1 atom stereocenters. The van der Waals surface area contributed by atoms with Gasteiger partial charge in [-0.3, -0.25) is 9.69 Å². The Bertz CT molecular complexity index is 1120. The topological polar surface area (TPSA) is 61.9 Å². The molecule has 3 aromatic rings. The van der Waals surface area contributed by atoms with Gasteiger partial charge in [0.1, 0.15) is 6.10 Å². The minimum absolute atomic E-state index is 0.105. The van der Waals surface area contributed by atoms with Gasteiger partial charge in [-0.15, -0.1) is 0 Å². The second kappa shape index (κ2) is 9.46. The van der Waals surface area contributed by atoms with Crippen LogP contribution in [0.25, 0.3) is 0 Å². The molecule has 0 unspecified atom stereocenters. The first-order valence-corrected chi connectivity index (χ1v) is 11.4. The lowest BCUT2D eigenvalue weighted by Gasteiger charge is -2.36. The van der Waals surface area contributed by atoms with Gasteiger partial charge < -0.3 is 15.0 Å². The average molecular weight is 442 g/mol. The largest absolute Gasteiger partial charge is 0.453 e. The number of cyclic esters (lactones) is 1. The molecule has 0 bridgehead atoms. The predicted octanol–water partition coefficient (Wildman–Crippen LogP) is 4.25. The molecule has 2 aliphatic rings. The lowest BCUT2D eigenvalue weighted by molar-refractivity contribution is -0.118. The Kier molecular flexibility index (Phi) is 6.09. The molecule has 3 aromatic carbocycles. The highest BCUT2D eigenvalue weighted by molar-refractivity contribution is 5.96. The normalized spacial score (nSPS) is 18.0. The van der Waals surface area contributed by atoms with Gasteiger partial charge in [0.15, 0.2) is 0 Å². The fraction of sp³-hybridized carbons (Fsp3) is 0.259. The number of esters is 1. The van der Waals surface area contributed by atoms with E-state index < -0.39 is 6.10 Å². The van der Waals surface area contributed by atoms with Gasteiger partial charge in [-0.05, 0) is 35.9 Å². The van der Waals surface area contributed by atoms with Crippen molar-refractivity contribution >= 4 is 23.3 Å². The molecule has 33 heavy (non-hydrogen) atoms. The summed E-state index contributed by atoms with van der Waals surface area (Å²) in [5, 5.41) is 2.92. The Morgan fingerprint density at radius 2 is 1.58 bits per heavy atom. The van der Waals surface area contributed by atoms with E-state index in [1.54, 1.807) is 12.1 Å². The molecule has 1 amide bonds. The van der Waals surface area contributed by atoms with Gasteiger partial charge in [-0.1, -0.05) is 48.5 Å². The van der Waals surface area contributed by atoms with E-state index in [2.05, 4.69) is 45.4 Å². The van der Waals surface area contributed by atoms with Crippen molar-refractivity contribution < 1.29 is 14.3 Å². The van der Waals surface area contributed by atoms with Gasteiger partial charge in [0.05, 0.1) is 12.0 Å². The number of ether oxygens (including phenoxy) is 1. The molecule has 0 saturated carbocycles. The van der Waals surface area contributed by atoms with Crippen molar-refractivity contribution in [1.29, 1.82) is 0 Å². The lowest BCUT2D eigenvalue weighted by Crippen LogP contribution is -2.45. The fourth-order valence-electron chi connectivity index (χ4n) is 4.51. The van der Waals surface area contributed by atoms with E-state index in [0.29, 0.717) is 5.56 Å². The molecule has 5 rings (SSSR count). The second-order valence-electron chi connectivity index (χ2n) is 8.53. The Balaban J connectivity index is 1.12. The Morgan fingerprint density at radius 1 is 0.879 bits per heavy atom. The van der Waals surface area contributed by atoms with Crippen LogP contribution in [0.3, 0.4) is 0 Å². The zero-order valence-electron chi connectivity index (χ0n) is 18.4. The van der Waals surface area contributed by atoms with Crippen LogP contribution >= 0.6 is 0 Å². The number of carbonyl (C=O) groups is 2. The minimum atomic E-state index is -0.528. The average Bonchev–Trinajstić information content (AvgIpc) is 3.16. The number of piperazine rings is 1. The molecule has 1 saturated heterocycles. The number of nitrogens with one attached hydrogen (secondary N) is 1. The van der Waals surface area contributed by atoms with Crippen LogP contribution in [0.2, 0.25) is 0 Å². The summed E-state index contributed by atoms with van der Waals surface area (Å²) < 4.78 is 5.37. The first-order chi connectivity index (χ1) is 16.2. The number of anilines is 2. The van der Waals surface area contributed by atoms with Crippen molar-refractivity contribution in [3.63, 3.8) is 0 Å². The molecule has 0 spiro atoms. The Morgan fingerprint density at radius 3 is 2.33 bits per heavy atom. The van der Waals surface area contributed by atoms with Crippen LogP contribution in [0, 0.1) is 0 Å². The van der Waals surface area contributed by atoms with Crippen molar-refractivity contribution in [2.75, 3.05) is 36.4 Å². The quantitative estimate of drug-likeness (QED) is 0.580. The summed E-state index contributed by atoms with van der Waals surface area (Å²) >= 11 is 0. The maximum Gasteiger partial charge on any atom is 0.339 e. The van der Waals surface area contributed by atoms with Crippen molar-refractivity contribution in [1.82, 2.24) is 4.90 Å². The second-order valence-corrected chi connectivity index (χ2v) is 8.53. The summed E-state index contributed by atoms with van der Waals surface area (Å²) in [6, 6.07) is 25.8. The smallest absolute Gasteiger partial charge is 0.339 e. The van der Waals surface area contributed by atoms with Crippen molar-refractivity contribution in [3.05, 3.63) is 95.6 Å². The van der Waals surface area contributed by atoms with Crippen LogP contribution in [0.5, 0.6) is 0 Å². The van der Waals surface area contributed by atoms with Gasteiger partial charge in [0, 0.05) is 49.7 Å². The maximum atomic E-state index is 12.5. The van der Waals surface area contributed by atoms with Crippen molar-refractivity contribution in [3.8, 4) is 0 Å². The van der Waals surface area contributed by atoms with Gasteiger partial charge in [0.2, 0.25) is 5.91 Å². The molecule has 0 aromatic heterocycles. The molecular weight excluding hydrogens is 414 g/mol.